The predicted molar refractivity (Wildman–Crippen MR) is 125 cm³/mol. The van der Waals surface area contributed by atoms with Crippen LogP contribution in [0.15, 0.2) is 30.3 Å². The molecule has 0 aliphatic carbocycles. The molecular formula is C24H27ClNNaO4S. The fourth-order valence-corrected chi connectivity index (χ4v) is 4.43. The maximum atomic E-state index is 10.9. The van der Waals surface area contributed by atoms with E-state index < -0.39 is 5.97 Å². The van der Waals surface area contributed by atoms with Crippen LogP contribution in [0.1, 0.15) is 47.9 Å². The van der Waals surface area contributed by atoms with Crippen molar-refractivity contribution in [2.45, 2.75) is 52.1 Å². The van der Waals surface area contributed by atoms with Gasteiger partial charge in [-0.25, -0.2) is 0 Å². The average molecular weight is 484 g/mol. The number of hydrogen-bond acceptors (Lipinski definition) is 5. The SMILES string of the molecule is Cc1cc(OCCC2CCCCO2)cc(C)c1C(=S)Nc1cc(CC(=O)[O-])ccc1Cl.[Na+]. The molecule has 3 rings (SSSR count). The van der Waals surface area contributed by atoms with Crippen LogP contribution in [0, 0.1) is 13.8 Å². The zero-order chi connectivity index (χ0) is 22.4. The summed E-state index contributed by atoms with van der Waals surface area (Å²) in [5.41, 5.74) is 4.04. The molecule has 2 aromatic carbocycles. The molecule has 1 N–H and O–H groups in total. The largest absolute Gasteiger partial charge is 1.00 e. The van der Waals surface area contributed by atoms with Crippen LogP contribution < -0.4 is 44.7 Å². The van der Waals surface area contributed by atoms with Crippen molar-refractivity contribution in [3.8, 4) is 5.75 Å². The second-order valence-electron chi connectivity index (χ2n) is 7.87. The molecule has 32 heavy (non-hydrogen) atoms. The molecule has 0 saturated carbocycles. The number of aliphatic carboxylic acids is 1. The van der Waals surface area contributed by atoms with Gasteiger partial charge >= 0.3 is 29.6 Å². The monoisotopic (exact) mass is 483 g/mol. The van der Waals surface area contributed by atoms with Gasteiger partial charge in [0.05, 0.1) is 23.4 Å². The zero-order valence-corrected chi connectivity index (χ0v) is 22.4. The third-order valence-electron chi connectivity index (χ3n) is 5.34. The van der Waals surface area contributed by atoms with Gasteiger partial charge in [-0.2, -0.15) is 0 Å². The molecule has 0 amide bonds. The minimum Gasteiger partial charge on any atom is -0.550 e. The van der Waals surface area contributed by atoms with Crippen molar-refractivity contribution in [1.82, 2.24) is 0 Å². The Morgan fingerprint density at radius 1 is 1.25 bits per heavy atom. The molecule has 1 fully saturated rings. The summed E-state index contributed by atoms with van der Waals surface area (Å²) in [6, 6.07) is 8.95. The van der Waals surface area contributed by atoms with Gasteiger partial charge in [0.25, 0.3) is 0 Å². The molecule has 1 saturated heterocycles. The second kappa shape index (κ2) is 12.9. The van der Waals surface area contributed by atoms with Crippen LogP contribution in [0.2, 0.25) is 5.02 Å². The molecular weight excluding hydrogens is 457 g/mol. The molecule has 1 unspecified atom stereocenters. The summed E-state index contributed by atoms with van der Waals surface area (Å²) in [5.74, 6) is -0.334. The summed E-state index contributed by atoms with van der Waals surface area (Å²) in [6.45, 7) is 5.44. The van der Waals surface area contributed by atoms with E-state index in [-0.39, 0.29) is 36.0 Å². The number of carbonyl (C=O) groups excluding carboxylic acids is 1. The van der Waals surface area contributed by atoms with Crippen LogP contribution in [0.5, 0.6) is 5.75 Å². The third-order valence-corrected chi connectivity index (χ3v) is 5.98. The van der Waals surface area contributed by atoms with Crippen LogP contribution in [0.4, 0.5) is 5.69 Å². The van der Waals surface area contributed by atoms with E-state index in [1.165, 1.54) is 6.42 Å². The molecule has 0 spiro atoms. The minimum atomic E-state index is -1.15. The Hall–Kier alpha value is -1.15. The molecule has 2 aromatic rings. The number of ether oxygens (including phenoxy) is 2. The Labute approximate surface area is 222 Å². The first kappa shape index (κ1) is 27.1. The smallest absolute Gasteiger partial charge is 0.550 e. The fraction of sp³-hybridized carbons (Fsp3) is 0.417. The molecule has 0 bridgehead atoms. The van der Waals surface area contributed by atoms with Crippen molar-refractivity contribution in [2.24, 2.45) is 0 Å². The van der Waals surface area contributed by atoms with Gasteiger partial charge in [-0.1, -0.05) is 29.9 Å². The van der Waals surface area contributed by atoms with E-state index in [0.717, 1.165) is 48.3 Å². The number of carboxylic acid groups (broad SMARTS) is 1. The standard InChI is InChI=1S/C24H28ClNO4S.Na/c1-15-11-19(30-10-8-18-5-3-4-9-29-18)12-16(2)23(15)24(31)26-21-13-17(14-22(27)28)6-7-20(21)25;/h6-7,11-13,18H,3-5,8-10,14H2,1-2H3,(H,26,31)(H,27,28);/q;+1/p-1. The number of thiocarbonyl (C=S) groups is 1. The molecule has 1 aliphatic heterocycles. The van der Waals surface area contributed by atoms with Crippen LogP contribution in [0.25, 0.3) is 0 Å². The molecule has 166 valence electrons. The normalized spacial score (nSPS) is 15.5. The van der Waals surface area contributed by atoms with E-state index in [0.29, 0.717) is 34.0 Å². The number of aryl methyl sites for hydroxylation is 2. The van der Waals surface area contributed by atoms with E-state index in [9.17, 15) is 9.90 Å². The van der Waals surface area contributed by atoms with Gasteiger partial charge in [-0.05, 0) is 74.1 Å². The number of hydrogen-bond donors (Lipinski definition) is 1. The van der Waals surface area contributed by atoms with Gasteiger partial charge in [0.1, 0.15) is 10.7 Å². The Bertz CT molecular complexity index is 940. The number of benzene rings is 2. The summed E-state index contributed by atoms with van der Waals surface area (Å²) in [7, 11) is 0. The van der Waals surface area contributed by atoms with Crippen LogP contribution in [0.3, 0.4) is 0 Å². The van der Waals surface area contributed by atoms with Crippen molar-refractivity contribution < 1.29 is 48.9 Å². The van der Waals surface area contributed by atoms with Crippen LogP contribution >= 0.6 is 23.8 Å². The topological polar surface area (TPSA) is 70.6 Å². The van der Waals surface area contributed by atoms with Gasteiger partial charge in [0.15, 0.2) is 0 Å². The summed E-state index contributed by atoms with van der Waals surface area (Å²) < 4.78 is 11.7. The number of rotatable bonds is 8. The van der Waals surface area contributed by atoms with Crippen molar-refractivity contribution >= 4 is 40.5 Å². The van der Waals surface area contributed by atoms with Crippen LogP contribution in [-0.2, 0) is 16.0 Å². The molecule has 1 atom stereocenters. The summed E-state index contributed by atoms with van der Waals surface area (Å²) in [6.07, 6.45) is 4.48. The maximum Gasteiger partial charge on any atom is 1.00 e. The van der Waals surface area contributed by atoms with Gasteiger partial charge in [-0.3, -0.25) is 0 Å². The number of nitrogens with one attached hydrogen (secondary N) is 1. The molecule has 0 aromatic heterocycles. The number of carbonyl (C=O) groups is 1. The van der Waals surface area contributed by atoms with Gasteiger partial charge in [-0.15, -0.1) is 0 Å². The Balaban J connectivity index is 0.00000363. The fourth-order valence-electron chi connectivity index (χ4n) is 3.84. The third kappa shape index (κ3) is 7.72. The maximum absolute atomic E-state index is 10.9. The summed E-state index contributed by atoms with van der Waals surface area (Å²) in [4.78, 5) is 11.4. The first-order chi connectivity index (χ1) is 14.8. The van der Waals surface area contributed by atoms with Gasteiger partial charge in [0.2, 0.25) is 0 Å². The Morgan fingerprint density at radius 3 is 2.59 bits per heavy atom. The van der Waals surface area contributed by atoms with Gasteiger partial charge in [0, 0.05) is 31.0 Å². The first-order valence-electron chi connectivity index (χ1n) is 10.5. The molecule has 1 aliphatic rings. The van der Waals surface area contributed by atoms with Crippen molar-refractivity contribution in [3.63, 3.8) is 0 Å². The van der Waals surface area contributed by atoms with E-state index in [4.69, 9.17) is 33.3 Å². The van der Waals surface area contributed by atoms with E-state index >= 15 is 0 Å². The van der Waals surface area contributed by atoms with Crippen LogP contribution in [-0.4, -0.2) is 30.3 Å². The molecule has 8 heteroatoms. The summed E-state index contributed by atoms with van der Waals surface area (Å²) in [5, 5.41) is 14.5. The quantitative estimate of drug-likeness (QED) is 0.452. The second-order valence-corrected chi connectivity index (χ2v) is 8.69. The van der Waals surface area contributed by atoms with Gasteiger partial charge < -0.3 is 24.7 Å². The molecule has 5 nitrogen and oxygen atoms in total. The van der Waals surface area contributed by atoms with E-state index in [2.05, 4.69) is 5.32 Å². The summed E-state index contributed by atoms with van der Waals surface area (Å²) >= 11 is 11.9. The first-order valence-corrected chi connectivity index (χ1v) is 11.3. The molecule has 0 radical (unpaired) electrons. The van der Waals surface area contributed by atoms with Crippen molar-refractivity contribution in [3.05, 3.63) is 57.6 Å². The average Bonchev–Trinajstić information content (AvgIpc) is 2.70. The number of carboxylic acids is 1. The predicted octanol–water partition coefficient (Wildman–Crippen LogP) is 1.38. The minimum absolute atomic E-state index is 0. The van der Waals surface area contributed by atoms with Crippen molar-refractivity contribution in [1.29, 1.82) is 0 Å². The zero-order valence-electron chi connectivity index (χ0n) is 18.8. The number of halogens is 1. The number of anilines is 1. The Morgan fingerprint density at radius 2 is 1.97 bits per heavy atom. The van der Waals surface area contributed by atoms with Crippen molar-refractivity contribution in [2.75, 3.05) is 18.5 Å². The van der Waals surface area contributed by atoms with E-state index in [1.54, 1.807) is 18.2 Å². The van der Waals surface area contributed by atoms with E-state index in [1.807, 2.05) is 26.0 Å². The molecule has 1 heterocycles. The Kier molecular flexibility index (Phi) is 10.9.